The van der Waals surface area contributed by atoms with Crippen LogP contribution in [0.4, 0.5) is 0 Å². The van der Waals surface area contributed by atoms with Crippen LogP contribution in [-0.4, -0.2) is 20.0 Å². The molecule has 0 aliphatic heterocycles. The van der Waals surface area contributed by atoms with Crippen molar-refractivity contribution in [1.82, 2.24) is 0 Å². The summed E-state index contributed by atoms with van der Waals surface area (Å²) in [5, 5.41) is 11.3. The molecule has 1 unspecified atom stereocenters. The minimum absolute atomic E-state index is 0.125. The van der Waals surface area contributed by atoms with Gasteiger partial charge in [-0.15, -0.1) is 0 Å². The first-order valence-corrected chi connectivity index (χ1v) is 10.6. The summed E-state index contributed by atoms with van der Waals surface area (Å²) in [7, 11) is -1.87. The minimum atomic E-state index is -1.87. The van der Waals surface area contributed by atoms with Gasteiger partial charge < -0.3 is 9.53 Å². The van der Waals surface area contributed by atoms with Gasteiger partial charge in [-0.2, -0.15) is 0 Å². The van der Waals surface area contributed by atoms with Gasteiger partial charge in [0.2, 0.25) is 0 Å². The number of hydrogen-bond donors (Lipinski definition) is 1. The number of benzene rings is 1. The summed E-state index contributed by atoms with van der Waals surface area (Å²) in [6.45, 7) is 11.1. The second-order valence-corrected chi connectivity index (χ2v) is 13.3. The summed E-state index contributed by atoms with van der Waals surface area (Å²) < 4.78 is 5.00. The molecule has 0 aliphatic rings. The van der Waals surface area contributed by atoms with Gasteiger partial charge in [-0.1, -0.05) is 50.6 Å². The molecule has 0 aliphatic carbocycles. The van der Waals surface area contributed by atoms with Gasteiger partial charge in [0.15, 0.2) is 11.9 Å². The molecule has 1 rings (SSSR count). The molecule has 1 N–H and O–H groups in total. The van der Waals surface area contributed by atoms with Crippen molar-refractivity contribution in [3.8, 4) is 0 Å². The van der Waals surface area contributed by atoms with E-state index in [0.29, 0.717) is 10.6 Å². The van der Waals surface area contributed by atoms with Crippen LogP contribution in [0.2, 0.25) is 23.2 Å². The van der Waals surface area contributed by atoms with E-state index in [9.17, 15) is 5.11 Å². The zero-order chi connectivity index (χ0) is 14.9. The van der Waals surface area contributed by atoms with Gasteiger partial charge in [-0.05, 0) is 46.8 Å². The lowest BCUT2D eigenvalue weighted by Gasteiger charge is -2.38. The maximum Gasteiger partial charge on any atom is 0.192 e. The van der Waals surface area contributed by atoms with Crippen molar-refractivity contribution in [2.45, 2.75) is 42.5 Å². The maximum atomic E-state index is 10.6. The fourth-order valence-corrected chi connectivity index (χ4v) is 3.72. The SMILES string of the molecule is CC(C)(C)[Si](C)(C)OCC(O)(I)c1ccccc1Cl. The van der Waals surface area contributed by atoms with Gasteiger partial charge in [-0.25, -0.2) is 0 Å². The van der Waals surface area contributed by atoms with Gasteiger partial charge in [-0.3, -0.25) is 0 Å². The van der Waals surface area contributed by atoms with Gasteiger partial charge in [0.1, 0.15) is 0 Å². The van der Waals surface area contributed by atoms with E-state index in [4.69, 9.17) is 16.0 Å². The predicted molar refractivity (Wildman–Crippen MR) is 92.5 cm³/mol. The molecule has 0 amide bonds. The molecular weight excluding hydrogens is 391 g/mol. The van der Waals surface area contributed by atoms with Crippen molar-refractivity contribution >= 4 is 42.5 Å². The topological polar surface area (TPSA) is 29.5 Å². The summed E-state index contributed by atoms with van der Waals surface area (Å²) in [4.78, 5) is 0. The molecule has 2 nitrogen and oxygen atoms in total. The number of rotatable bonds is 4. The molecule has 0 saturated heterocycles. The van der Waals surface area contributed by atoms with Crippen molar-refractivity contribution in [3.05, 3.63) is 34.9 Å². The summed E-state index contributed by atoms with van der Waals surface area (Å²) >= 11 is 8.14. The molecule has 1 atom stereocenters. The van der Waals surface area contributed by atoms with Crippen molar-refractivity contribution in [2.75, 3.05) is 6.61 Å². The third kappa shape index (κ3) is 4.42. The van der Waals surface area contributed by atoms with E-state index in [1.807, 2.05) is 40.8 Å². The lowest BCUT2D eigenvalue weighted by Crippen LogP contribution is -2.43. The smallest absolute Gasteiger partial charge is 0.192 e. The number of aliphatic hydroxyl groups is 1. The van der Waals surface area contributed by atoms with Gasteiger partial charge in [0.25, 0.3) is 0 Å². The summed E-state index contributed by atoms with van der Waals surface area (Å²) in [5.74, 6) is 0. The van der Waals surface area contributed by atoms with Crippen LogP contribution in [0.15, 0.2) is 24.3 Å². The Hall–Kier alpha value is 0.377. The zero-order valence-corrected chi connectivity index (χ0v) is 16.0. The molecule has 0 fully saturated rings. The Kier molecular flexibility index (Phi) is 5.52. The molecule has 0 radical (unpaired) electrons. The predicted octanol–water partition coefficient (Wildman–Crippen LogP) is 4.94. The van der Waals surface area contributed by atoms with E-state index < -0.39 is 11.9 Å². The summed E-state index contributed by atoms with van der Waals surface area (Å²) in [6.07, 6.45) is 0. The van der Waals surface area contributed by atoms with E-state index in [1.54, 1.807) is 6.07 Å². The van der Waals surface area contributed by atoms with Gasteiger partial charge in [0, 0.05) is 10.6 Å². The number of halogens is 2. The molecule has 0 spiro atoms. The zero-order valence-electron chi connectivity index (χ0n) is 12.1. The monoisotopic (exact) mass is 412 g/mol. The second kappa shape index (κ2) is 6.01. The van der Waals surface area contributed by atoms with Gasteiger partial charge in [0.05, 0.1) is 6.61 Å². The molecule has 0 heterocycles. The highest BCUT2D eigenvalue weighted by Crippen LogP contribution is 2.40. The van der Waals surface area contributed by atoms with Crippen molar-refractivity contribution in [3.63, 3.8) is 0 Å². The van der Waals surface area contributed by atoms with Crippen molar-refractivity contribution in [2.24, 2.45) is 0 Å². The molecule has 108 valence electrons. The third-order valence-electron chi connectivity index (χ3n) is 3.72. The lowest BCUT2D eigenvalue weighted by molar-refractivity contribution is 0.0838. The largest absolute Gasteiger partial charge is 0.413 e. The third-order valence-corrected chi connectivity index (χ3v) is 9.42. The van der Waals surface area contributed by atoms with Gasteiger partial charge >= 0.3 is 0 Å². The van der Waals surface area contributed by atoms with Crippen LogP contribution >= 0.6 is 34.2 Å². The quantitative estimate of drug-likeness (QED) is 0.431. The molecule has 0 aromatic heterocycles. The highest BCUT2D eigenvalue weighted by Gasteiger charge is 2.40. The van der Waals surface area contributed by atoms with Crippen LogP contribution < -0.4 is 0 Å². The Morgan fingerprint density at radius 3 is 2.26 bits per heavy atom. The van der Waals surface area contributed by atoms with Crippen molar-refractivity contribution in [1.29, 1.82) is 0 Å². The van der Waals surface area contributed by atoms with Crippen LogP contribution in [0, 0.1) is 0 Å². The Balaban J connectivity index is 2.85. The van der Waals surface area contributed by atoms with Crippen molar-refractivity contribution < 1.29 is 9.53 Å². The summed E-state index contributed by atoms with van der Waals surface area (Å²) in [6, 6.07) is 7.35. The fourth-order valence-electron chi connectivity index (χ4n) is 1.34. The molecular formula is C14H22ClIO2Si. The first-order valence-electron chi connectivity index (χ1n) is 6.28. The van der Waals surface area contributed by atoms with Crippen LogP contribution in [0.3, 0.4) is 0 Å². The lowest BCUT2D eigenvalue weighted by atomic mass is 10.1. The number of alkyl halides is 1. The Labute approximate surface area is 135 Å². The minimum Gasteiger partial charge on any atom is -0.413 e. The maximum absolute atomic E-state index is 10.6. The Morgan fingerprint density at radius 2 is 1.79 bits per heavy atom. The van der Waals surface area contributed by atoms with E-state index in [2.05, 4.69) is 33.9 Å². The normalized spacial score (nSPS) is 16.2. The van der Waals surface area contributed by atoms with Crippen LogP contribution in [0.5, 0.6) is 0 Å². The standard InChI is InChI=1S/C14H22ClIO2Si/c1-13(2,3)19(4,5)18-10-14(16,17)11-8-6-7-9-12(11)15/h6-9,17H,10H2,1-5H3. The average molecular weight is 413 g/mol. The van der Waals surface area contributed by atoms with Crippen LogP contribution in [-0.2, 0) is 8.03 Å². The molecule has 5 heteroatoms. The highest BCUT2D eigenvalue weighted by molar-refractivity contribution is 14.1. The van der Waals surface area contributed by atoms with E-state index in [1.165, 1.54) is 0 Å². The van der Waals surface area contributed by atoms with Crippen LogP contribution in [0.25, 0.3) is 0 Å². The van der Waals surface area contributed by atoms with E-state index >= 15 is 0 Å². The average Bonchev–Trinajstić information content (AvgIpc) is 2.25. The highest BCUT2D eigenvalue weighted by atomic mass is 127. The Bertz CT molecular complexity index is 441. The van der Waals surface area contributed by atoms with Crippen LogP contribution in [0.1, 0.15) is 26.3 Å². The molecule has 1 aromatic rings. The summed E-state index contributed by atoms with van der Waals surface area (Å²) in [5.41, 5.74) is 0.705. The van der Waals surface area contributed by atoms with E-state index in [0.717, 1.165) is 0 Å². The molecule has 0 saturated carbocycles. The Morgan fingerprint density at radius 1 is 1.26 bits per heavy atom. The van der Waals surface area contributed by atoms with E-state index in [-0.39, 0.29) is 11.6 Å². The fraction of sp³-hybridized carbons (Fsp3) is 0.571. The first kappa shape index (κ1) is 17.4. The second-order valence-electron chi connectivity index (χ2n) is 6.29. The molecule has 0 bridgehead atoms. The number of hydrogen-bond acceptors (Lipinski definition) is 2. The molecule has 19 heavy (non-hydrogen) atoms. The molecule has 1 aromatic carbocycles. The first-order chi connectivity index (χ1) is 8.47.